The van der Waals surface area contributed by atoms with Crippen LogP contribution in [0, 0.1) is 0 Å². The van der Waals surface area contributed by atoms with Crippen LogP contribution in [0.5, 0.6) is 0 Å². The summed E-state index contributed by atoms with van der Waals surface area (Å²) >= 11 is 1.52. The molecular weight excluding hydrogens is 418 g/mol. The van der Waals surface area contributed by atoms with Gasteiger partial charge in [0.2, 0.25) is 0 Å². The number of carbonyl (C=O) groups excluding carboxylic acids is 2. The van der Waals surface area contributed by atoms with Crippen molar-refractivity contribution in [2.75, 3.05) is 18.0 Å². The quantitative estimate of drug-likeness (QED) is 0.397. The van der Waals surface area contributed by atoms with Gasteiger partial charge in [-0.25, -0.2) is 0 Å². The summed E-state index contributed by atoms with van der Waals surface area (Å²) in [6, 6.07) is 21.7. The van der Waals surface area contributed by atoms with E-state index in [-0.39, 0.29) is 17.5 Å². The molecule has 2 amide bonds. The predicted octanol–water partition coefficient (Wildman–Crippen LogP) is 4.48. The van der Waals surface area contributed by atoms with Crippen LogP contribution in [-0.2, 0) is 11.2 Å². The van der Waals surface area contributed by atoms with Crippen molar-refractivity contribution in [3.63, 3.8) is 0 Å². The van der Waals surface area contributed by atoms with Gasteiger partial charge in [0.1, 0.15) is 5.70 Å². The van der Waals surface area contributed by atoms with Gasteiger partial charge in [0.25, 0.3) is 11.8 Å². The number of anilines is 1. The molecule has 2 heterocycles. The summed E-state index contributed by atoms with van der Waals surface area (Å²) in [6.07, 6.45) is 3.60. The number of carbonyl (C=O) groups is 2. The number of amides is 2. The van der Waals surface area contributed by atoms with E-state index in [2.05, 4.69) is 46.7 Å². The first-order valence-corrected chi connectivity index (χ1v) is 11.7. The smallest absolute Gasteiger partial charge is 0.267 e. The Morgan fingerprint density at radius 3 is 2.62 bits per heavy atom. The molecule has 0 radical (unpaired) electrons. The van der Waals surface area contributed by atoms with Crippen LogP contribution in [0.15, 0.2) is 77.8 Å². The van der Waals surface area contributed by atoms with Crippen LogP contribution < -0.4 is 15.5 Å². The van der Waals surface area contributed by atoms with E-state index < -0.39 is 0 Å². The molecule has 32 heavy (non-hydrogen) atoms. The molecule has 1 atom stereocenters. The van der Waals surface area contributed by atoms with Crippen LogP contribution >= 0.6 is 11.3 Å². The van der Waals surface area contributed by atoms with Gasteiger partial charge in [-0.1, -0.05) is 42.5 Å². The van der Waals surface area contributed by atoms with Crippen molar-refractivity contribution in [3.8, 4) is 0 Å². The summed E-state index contributed by atoms with van der Waals surface area (Å²) in [7, 11) is 0. The van der Waals surface area contributed by atoms with Gasteiger partial charge in [-0.05, 0) is 61.1 Å². The van der Waals surface area contributed by atoms with E-state index in [1.165, 1.54) is 22.6 Å². The van der Waals surface area contributed by atoms with Gasteiger partial charge in [-0.3, -0.25) is 9.59 Å². The summed E-state index contributed by atoms with van der Waals surface area (Å²) < 4.78 is 0. The summed E-state index contributed by atoms with van der Waals surface area (Å²) in [5.74, 6) is -0.580. The minimum absolute atomic E-state index is 0.251. The lowest BCUT2D eigenvalue weighted by molar-refractivity contribution is -0.117. The van der Waals surface area contributed by atoms with Crippen molar-refractivity contribution >= 4 is 34.9 Å². The molecule has 4 rings (SSSR count). The third kappa shape index (κ3) is 5.26. The van der Waals surface area contributed by atoms with Crippen LogP contribution in [0.25, 0.3) is 6.08 Å². The molecule has 6 heteroatoms. The Bertz CT molecular complexity index is 1090. The second-order valence-corrected chi connectivity index (χ2v) is 8.86. The summed E-state index contributed by atoms with van der Waals surface area (Å²) in [5.41, 5.74) is 3.44. The number of fused-ring (bicyclic) bond motifs is 1. The minimum Gasteiger partial charge on any atom is -0.368 e. The third-order valence-electron chi connectivity index (χ3n) is 5.57. The van der Waals surface area contributed by atoms with E-state index in [4.69, 9.17) is 0 Å². The van der Waals surface area contributed by atoms with E-state index >= 15 is 0 Å². The lowest BCUT2D eigenvalue weighted by Crippen LogP contribution is -2.37. The third-order valence-corrected chi connectivity index (χ3v) is 6.39. The van der Waals surface area contributed by atoms with Crippen molar-refractivity contribution in [2.24, 2.45) is 0 Å². The number of hydrogen-bond acceptors (Lipinski definition) is 4. The molecule has 1 aliphatic rings. The molecule has 2 N–H and O–H groups in total. The fourth-order valence-electron chi connectivity index (χ4n) is 3.97. The number of para-hydroxylation sites is 1. The normalized spacial score (nSPS) is 15.3. The highest BCUT2D eigenvalue weighted by atomic mass is 32.1. The first kappa shape index (κ1) is 21.8. The molecule has 0 spiro atoms. The van der Waals surface area contributed by atoms with Crippen molar-refractivity contribution in [2.45, 2.75) is 25.8 Å². The van der Waals surface area contributed by atoms with Gasteiger partial charge in [0, 0.05) is 35.3 Å². The fraction of sp³-hybridized carbons (Fsp3) is 0.231. The first-order chi connectivity index (χ1) is 15.6. The van der Waals surface area contributed by atoms with Gasteiger partial charge < -0.3 is 15.5 Å². The van der Waals surface area contributed by atoms with E-state index in [0.29, 0.717) is 18.2 Å². The van der Waals surface area contributed by atoms with Crippen LogP contribution in [-0.4, -0.2) is 30.9 Å². The van der Waals surface area contributed by atoms with E-state index in [0.717, 1.165) is 24.3 Å². The number of thiophene rings is 1. The van der Waals surface area contributed by atoms with Crippen LogP contribution in [0.2, 0.25) is 0 Å². The zero-order chi connectivity index (χ0) is 22.3. The monoisotopic (exact) mass is 445 g/mol. The maximum Gasteiger partial charge on any atom is 0.267 e. The fourth-order valence-corrected chi connectivity index (χ4v) is 4.63. The highest BCUT2D eigenvalue weighted by Crippen LogP contribution is 2.31. The minimum atomic E-state index is -0.300. The number of hydrogen-bond donors (Lipinski definition) is 2. The second kappa shape index (κ2) is 10.3. The Morgan fingerprint density at radius 1 is 1.06 bits per heavy atom. The molecule has 0 saturated heterocycles. The van der Waals surface area contributed by atoms with Crippen molar-refractivity contribution in [3.05, 3.63) is 93.8 Å². The molecule has 0 fully saturated rings. The maximum atomic E-state index is 12.9. The Balaban J connectivity index is 1.36. The second-order valence-electron chi connectivity index (χ2n) is 7.88. The molecule has 3 aromatic rings. The molecule has 2 aromatic carbocycles. The first-order valence-electron chi connectivity index (χ1n) is 10.9. The summed E-state index contributed by atoms with van der Waals surface area (Å²) in [6.45, 7) is 3.64. The topological polar surface area (TPSA) is 61.4 Å². The van der Waals surface area contributed by atoms with Crippen LogP contribution in [0.4, 0.5) is 5.69 Å². The molecule has 0 saturated carbocycles. The molecule has 0 unspecified atom stereocenters. The van der Waals surface area contributed by atoms with Crippen LogP contribution in [0.1, 0.15) is 34.1 Å². The SMILES string of the molecule is C[C@H]1Cc2ccccc2N1CCCNC(=O)/C(=C/c1cccs1)NC(=O)c1ccccc1. The Morgan fingerprint density at radius 2 is 1.84 bits per heavy atom. The van der Waals surface area contributed by atoms with E-state index in [1.54, 1.807) is 30.3 Å². The van der Waals surface area contributed by atoms with Gasteiger partial charge in [-0.15, -0.1) is 11.3 Å². The highest BCUT2D eigenvalue weighted by molar-refractivity contribution is 7.10. The molecule has 5 nitrogen and oxygen atoms in total. The zero-order valence-electron chi connectivity index (χ0n) is 18.1. The van der Waals surface area contributed by atoms with Gasteiger partial charge in [-0.2, -0.15) is 0 Å². The summed E-state index contributed by atoms with van der Waals surface area (Å²) in [5, 5.41) is 7.69. The predicted molar refractivity (Wildman–Crippen MR) is 131 cm³/mol. The summed E-state index contributed by atoms with van der Waals surface area (Å²) in [4.78, 5) is 28.8. The van der Waals surface area contributed by atoms with Crippen molar-refractivity contribution in [1.29, 1.82) is 0 Å². The number of nitrogens with one attached hydrogen (secondary N) is 2. The largest absolute Gasteiger partial charge is 0.368 e. The van der Waals surface area contributed by atoms with Gasteiger partial charge in [0.15, 0.2) is 0 Å². The van der Waals surface area contributed by atoms with Crippen molar-refractivity contribution < 1.29 is 9.59 Å². The van der Waals surface area contributed by atoms with Gasteiger partial charge in [0.05, 0.1) is 0 Å². The average molecular weight is 446 g/mol. The van der Waals surface area contributed by atoms with E-state index in [9.17, 15) is 9.59 Å². The molecule has 0 bridgehead atoms. The Labute approximate surface area is 192 Å². The lowest BCUT2D eigenvalue weighted by atomic mass is 10.1. The molecule has 1 aliphatic heterocycles. The highest BCUT2D eigenvalue weighted by Gasteiger charge is 2.24. The molecule has 164 valence electrons. The van der Waals surface area contributed by atoms with E-state index in [1.807, 2.05) is 23.6 Å². The van der Waals surface area contributed by atoms with Crippen LogP contribution in [0.3, 0.4) is 0 Å². The molecular formula is C26H27N3O2S. The van der Waals surface area contributed by atoms with Crippen molar-refractivity contribution in [1.82, 2.24) is 10.6 Å². The average Bonchev–Trinajstić information content (AvgIpc) is 3.43. The van der Waals surface area contributed by atoms with Gasteiger partial charge >= 0.3 is 0 Å². The maximum absolute atomic E-state index is 12.9. The Kier molecular flexibility index (Phi) is 7.02. The molecule has 0 aliphatic carbocycles. The number of rotatable bonds is 8. The standard InChI is InChI=1S/C26H27N3O2S/c1-19-17-21-11-5-6-13-24(21)29(19)15-8-14-27-26(31)23(18-22-12-7-16-32-22)28-25(30)20-9-3-2-4-10-20/h2-7,9-13,16,18-19H,8,14-15,17H2,1H3,(H,27,31)(H,28,30)/b23-18-/t19-/m0/s1. The molecule has 1 aromatic heterocycles. The Hall–Kier alpha value is -3.38. The number of nitrogens with zero attached hydrogens (tertiary/aromatic N) is 1. The lowest BCUT2D eigenvalue weighted by Gasteiger charge is -2.25. The zero-order valence-corrected chi connectivity index (χ0v) is 18.9. The number of benzene rings is 2.